The summed E-state index contributed by atoms with van der Waals surface area (Å²) in [4.78, 5) is 1.35. The number of thiophene rings is 1. The quantitative estimate of drug-likeness (QED) is 0.723. The molecule has 0 amide bonds. The lowest BCUT2D eigenvalue weighted by molar-refractivity contribution is -0.549. The molecule has 0 bridgehead atoms. The lowest BCUT2D eigenvalue weighted by Gasteiger charge is -2.01. The number of hydrogen-bond donors (Lipinski definition) is 1. The molecule has 0 aromatic carbocycles. The molecule has 1 nitrogen and oxygen atoms in total. The highest BCUT2D eigenvalue weighted by atomic mass is 79.9. The summed E-state index contributed by atoms with van der Waals surface area (Å²) < 4.78 is 0. The van der Waals surface area contributed by atoms with E-state index in [1.54, 1.807) is 11.3 Å². The van der Waals surface area contributed by atoms with Crippen molar-refractivity contribution in [1.29, 1.82) is 0 Å². The number of halogens is 1. The van der Waals surface area contributed by atoms with E-state index in [2.05, 4.69) is 49.7 Å². The van der Waals surface area contributed by atoms with Crippen LogP contribution in [0, 0.1) is 5.92 Å². The highest BCUT2D eigenvalue weighted by Crippen LogP contribution is 2.24. The van der Waals surface area contributed by atoms with Crippen LogP contribution in [0.4, 0.5) is 0 Å². The van der Waals surface area contributed by atoms with Gasteiger partial charge in [-0.3, -0.25) is 5.32 Å². The molecule has 3 heteroatoms. The average molecular weight is 286 g/mol. The van der Waals surface area contributed by atoms with Crippen molar-refractivity contribution in [1.82, 2.24) is 0 Å². The average Bonchev–Trinajstić information content (AvgIpc) is 2.73. The van der Waals surface area contributed by atoms with Gasteiger partial charge in [-0.1, -0.05) is 6.07 Å². The van der Waals surface area contributed by atoms with Crippen LogP contribution in [0.15, 0.2) is 34.5 Å². The Balaban J connectivity index is 0.00000112. The van der Waals surface area contributed by atoms with Gasteiger partial charge in [0, 0.05) is 17.9 Å². The van der Waals surface area contributed by atoms with E-state index in [0.717, 1.165) is 0 Å². The second-order valence-corrected chi connectivity index (χ2v) is 4.87. The Hall–Kier alpha value is -0.380. The van der Waals surface area contributed by atoms with Gasteiger partial charge in [0.15, 0.2) is 0 Å². The number of nitrogens with two attached hydrogens (primary N) is 1. The van der Waals surface area contributed by atoms with Crippen molar-refractivity contribution in [3.05, 3.63) is 39.4 Å². The van der Waals surface area contributed by atoms with E-state index in [9.17, 15) is 0 Å². The zero-order chi connectivity index (χ0) is 10.1. The van der Waals surface area contributed by atoms with Gasteiger partial charge in [-0.2, -0.15) is 0 Å². The van der Waals surface area contributed by atoms with Gasteiger partial charge in [0.25, 0.3) is 0 Å². The first-order valence-corrected chi connectivity index (χ1v) is 5.83. The summed E-state index contributed by atoms with van der Waals surface area (Å²) in [6.45, 7) is 6.70. The molecular formula is C12H16BrNS. The molecule has 2 heterocycles. The fourth-order valence-corrected chi connectivity index (χ4v) is 2.46. The van der Waals surface area contributed by atoms with Gasteiger partial charge < -0.3 is 17.0 Å². The first kappa shape index (κ1) is 12.7. The molecule has 2 N–H and O–H groups in total. The Morgan fingerprint density at radius 1 is 1.40 bits per heavy atom. The van der Waals surface area contributed by atoms with Gasteiger partial charge in [-0.25, -0.2) is 0 Å². The number of quaternary nitrogens is 1. The van der Waals surface area contributed by atoms with E-state index in [1.807, 2.05) is 0 Å². The minimum absolute atomic E-state index is 0. The third-order valence-corrected chi connectivity index (χ3v) is 3.83. The molecule has 2 rings (SSSR count). The maximum atomic E-state index is 2.31. The van der Waals surface area contributed by atoms with Gasteiger partial charge in [0.1, 0.15) is 11.4 Å². The van der Waals surface area contributed by atoms with E-state index >= 15 is 0 Å². The summed E-state index contributed by atoms with van der Waals surface area (Å²) in [7, 11) is 0. The monoisotopic (exact) mass is 285 g/mol. The van der Waals surface area contributed by atoms with Gasteiger partial charge in [0.05, 0.1) is 5.92 Å². The van der Waals surface area contributed by atoms with E-state index in [-0.39, 0.29) is 17.0 Å². The SMILES string of the molecule is CC1=C(C)C(C)C(=Cc2cccs2)[NH2+]1.[Br-]. The first-order valence-electron chi connectivity index (χ1n) is 4.95. The summed E-state index contributed by atoms with van der Waals surface area (Å²) in [6.07, 6.45) is 2.30. The number of hydrogen-bond acceptors (Lipinski definition) is 1. The normalized spacial score (nSPS) is 23.4. The van der Waals surface area contributed by atoms with Crippen LogP contribution < -0.4 is 22.3 Å². The Morgan fingerprint density at radius 2 is 2.13 bits per heavy atom. The summed E-state index contributed by atoms with van der Waals surface area (Å²) in [5, 5.41) is 4.43. The molecule has 15 heavy (non-hydrogen) atoms. The third kappa shape index (κ3) is 2.60. The highest BCUT2D eigenvalue weighted by molar-refractivity contribution is 7.10. The van der Waals surface area contributed by atoms with Crippen LogP contribution in [-0.2, 0) is 0 Å². The van der Waals surface area contributed by atoms with E-state index in [1.165, 1.54) is 21.8 Å². The molecule has 0 saturated carbocycles. The van der Waals surface area contributed by atoms with Crippen molar-refractivity contribution in [3.8, 4) is 0 Å². The molecule has 0 fully saturated rings. The topological polar surface area (TPSA) is 16.6 Å². The lowest BCUT2D eigenvalue weighted by Crippen LogP contribution is -3.00. The fraction of sp³-hybridized carbons (Fsp3) is 0.333. The zero-order valence-corrected chi connectivity index (χ0v) is 11.7. The van der Waals surface area contributed by atoms with Crippen LogP contribution in [0.25, 0.3) is 6.08 Å². The Bertz CT molecular complexity index is 390. The second-order valence-electron chi connectivity index (χ2n) is 3.89. The number of allylic oxidation sites excluding steroid dienone is 2. The maximum Gasteiger partial charge on any atom is 0.119 e. The zero-order valence-electron chi connectivity index (χ0n) is 9.25. The molecule has 0 spiro atoms. The summed E-state index contributed by atoms with van der Waals surface area (Å²) in [5.41, 5.74) is 4.38. The lowest BCUT2D eigenvalue weighted by atomic mass is 10.0. The van der Waals surface area contributed by atoms with Crippen molar-refractivity contribution in [2.75, 3.05) is 0 Å². The maximum absolute atomic E-state index is 2.31. The fourth-order valence-electron chi connectivity index (χ4n) is 1.78. The Morgan fingerprint density at radius 3 is 2.60 bits per heavy atom. The largest absolute Gasteiger partial charge is 1.00 e. The molecule has 0 aliphatic carbocycles. The van der Waals surface area contributed by atoms with E-state index in [4.69, 9.17) is 0 Å². The molecule has 0 saturated heterocycles. The summed E-state index contributed by atoms with van der Waals surface area (Å²) in [6, 6.07) is 4.27. The van der Waals surface area contributed by atoms with Crippen molar-refractivity contribution >= 4 is 17.4 Å². The molecule has 0 radical (unpaired) electrons. The molecule has 1 aromatic rings. The van der Waals surface area contributed by atoms with Crippen molar-refractivity contribution in [2.45, 2.75) is 20.8 Å². The van der Waals surface area contributed by atoms with Gasteiger partial charge in [-0.05, 0) is 30.9 Å². The highest BCUT2D eigenvalue weighted by Gasteiger charge is 2.25. The molecular weight excluding hydrogens is 270 g/mol. The van der Waals surface area contributed by atoms with Crippen molar-refractivity contribution in [2.24, 2.45) is 5.92 Å². The summed E-state index contributed by atoms with van der Waals surface area (Å²) in [5.74, 6) is 0.595. The minimum Gasteiger partial charge on any atom is -1.00 e. The smallest absolute Gasteiger partial charge is 0.119 e. The van der Waals surface area contributed by atoms with Gasteiger partial charge >= 0.3 is 0 Å². The standard InChI is InChI=1S/C12H15NS.BrH/c1-8-9(2)12(13-10(8)3)7-11-5-4-6-14-11;/h4-7,9,13H,1-3H3;1H. The van der Waals surface area contributed by atoms with Crippen LogP contribution in [0.5, 0.6) is 0 Å². The van der Waals surface area contributed by atoms with Crippen LogP contribution in [0.1, 0.15) is 25.6 Å². The van der Waals surface area contributed by atoms with Crippen LogP contribution in [0.3, 0.4) is 0 Å². The Kier molecular flexibility index (Phi) is 4.32. The summed E-state index contributed by atoms with van der Waals surface area (Å²) >= 11 is 1.80. The first-order chi connectivity index (χ1) is 6.68. The van der Waals surface area contributed by atoms with E-state index in [0.29, 0.717) is 5.92 Å². The molecule has 1 aromatic heterocycles. The molecule has 82 valence electrons. The molecule has 1 atom stereocenters. The molecule has 1 unspecified atom stereocenters. The van der Waals surface area contributed by atoms with Crippen LogP contribution in [-0.4, -0.2) is 0 Å². The van der Waals surface area contributed by atoms with Gasteiger partial charge in [0.2, 0.25) is 0 Å². The predicted octanol–water partition coefficient (Wildman–Crippen LogP) is -0.400. The van der Waals surface area contributed by atoms with Crippen LogP contribution in [0.2, 0.25) is 0 Å². The Labute approximate surface area is 106 Å². The van der Waals surface area contributed by atoms with Crippen LogP contribution >= 0.6 is 11.3 Å². The van der Waals surface area contributed by atoms with Crippen molar-refractivity contribution in [3.63, 3.8) is 0 Å². The molecule has 1 aliphatic heterocycles. The number of rotatable bonds is 1. The minimum atomic E-state index is 0. The van der Waals surface area contributed by atoms with Gasteiger partial charge in [-0.15, -0.1) is 11.3 Å². The third-order valence-electron chi connectivity index (χ3n) is 3.01. The second kappa shape index (κ2) is 5.10. The predicted molar refractivity (Wildman–Crippen MR) is 61.8 cm³/mol. The van der Waals surface area contributed by atoms with E-state index < -0.39 is 0 Å². The molecule has 1 aliphatic rings. The van der Waals surface area contributed by atoms with Crippen molar-refractivity contribution < 1.29 is 22.3 Å².